The summed E-state index contributed by atoms with van der Waals surface area (Å²) in [5.41, 5.74) is 4.66. The van der Waals surface area contributed by atoms with Crippen molar-refractivity contribution in [3.8, 4) is 0 Å². The molecule has 0 aromatic heterocycles. The molecule has 0 bridgehead atoms. The minimum absolute atomic E-state index is 0.821. The Hall–Kier alpha value is -1.50. The molecule has 0 atom stereocenters. The van der Waals surface area contributed by atoms with E-state index >= 15 is 0 Å². The van der Waals surface area contributed by atoms with Crippen molar-refractivity contribution in [3.63, 3.8) is 0 Å². The van der Waals surface area contributed by atoms with E-state index in [1.54, 1.807) is 0 Å². The van der Waals surface area contributed by atoms with E-state index in [1.165, 1.54) is 42.4 Å². The predicted octanol–water partition coefficient (Wildman–Crippen LogP) is 6.07. The summed E-state index contributed by atoms with van der Waals surface area (Å²) in [5.74, 6) is 0. The maximum Gasteiger partial charge on any atom is 0.0873 e. The van der Waals surface area contributed by atoms with Crippen molar-refractivity contribution in [2.45, 2.75) is 52.9 Å². The van der Waals surface area contributed by atoms with E-state index in [1.807, 2.05) is 13.2 Å². The van der Waals surface area contributed by atoms with Gasteiger partial charge in [-0.1, -0.05) is 63.0 Å². The summed E-state index contributed by atoms with van der Waals surface area (Å²) < 4.78 is 5.65. The lowest BCUT2D eigenvalue weighted by Gasteiger charge is -2.06. The quantitative estimate of drug-likeness (QED) is 0.392. The molecule has 1 aromatic carbocycles. The maximum atomic E-state index is 5.65. The van der Waals surface area contributed by atoms with Crippen molar-refractivity contribution in [1.29, 1.82) is 0 Å². The van der Waals surface area contributed by atoms with Gasteiger partial charge in [-0.05, 0) is 43.0 Å². The molecule has 0 fully saturated rings. The summed E-state index contributed by atoms with van der Waals surface area (Å²) in [4.78, 5) is 0. The summed E-state index contributed by atoms with van der Waals surface area (Å²) in [5, 5.41) is 0. The van der Waals surface area contributed by atoms with Gasteiger partial charge in [-0.25, -0.2) is 0 Å². The van der Waals surface area contributed by atoms with Gasteiger partial charge in [-0.3, -0.25) is 0 Å². The Bertz CT molecular complexity index is 443. The van der Waals surface area contributed by atoms with Crippen LogP contribution in [0.4, 0.5) is 0 Å². The van der Waals surface area contributed by atoms with E-state index in [9.17, 15) is 0 Å². The Morgan fingerprint density at radius 3 is 2.50 bits per heavy atom. The van der Waals surface area contributed by atoms with E-state index in [4.69, 9.17) is 4.74 Å². The third-order valence-electron chi connectivity index (χ3n) is 3.44. The van der Waals surface area contributed by atoms with Crippen LogP contribution in [0.2, 0.25) is 0 Å². The molecule has 1 nitrogen and oxygen atoms in total. The van der Waals surface area contributed by atoms with Gasteiger partial charge in [-0.2, -0.15) is 0 Å². The lowest BCUT2D eigenvalue weighted by Crippen LogP contribution is -1.90. The van der Waals surface area contributed by atoms with Gasteiger partial charge in [0.2, 0.25) is 0 Å². The van der Waals surface area contributed by atoms with Crippen LogP contribution < -0.4 is 0 Å². The standard InChI is InChI=1S/C19H28O/c1-5-6-7-8-9-13-20-15-17(4)19-12-10-11-18(14-19)16(2)3/h10-12,14-15H,2,5-9,13H2,1,3-4H3/b17-15+. The van der Waals surface area contributed by atoms with E-state index in [0.29, 0.717) is 0 Å². The molecule has 0 unspecified atom stereocenters. The lowest BCUT2D eigenvalue weighted by atomic mass is 10.0. The SMILES string of the molecule is C=C(C)c1cccc(/C(C)=C/OCCCCCCC)c1. The van der Waals surface area contributed by atoms with Gasteiger partial charge in [0.25, 0.3) is 0 Å². The molecule has 0 saturated carbocycles. The van der Waals surface area contributed by atoms with Crippen LogP contribution in [0, 0.1) is 0 Å². The summed E-state index contributed by atoms with van der Waals surface area (Å²) in [7, 11) is 0. The average Bonchev–Trinajstić information content (AvgIpc) is 2.46. The summed E-state index contributed by atoms with van der Waals surface area (Å²) in [6, 6.07) is 8.44. The summed E-state index contributed by atoms with van der Waals surface area (Å²) in [6.45, 7) is 11.2. The number of allylic oxidation sites excluding steroid dienone is 2. The van der Waals surface area contributed by atoms with Crippen LogP contribution in [0.15, 0.2) is 37.1 Å². The molecule has 0 radical (unpaired) electrons. The highest BCUT2D eigenvalue weighted by atomic mass is 16.5. The average molecular weight is 272 g/mol. The fraction of sp³-hybridized carbons (Fsp3) is 0.474. The highest BCUT2D eigenvalue weighted by molar-refractivity contribution is 5.69. The zero-order chi connectivity index (χ0) is 14.8. The molecule has 20 heavy (non-hydrogen) atoms. The first-order chi connectivity index (χ1) is 9.65. The maximum absolute atomic E-state index is 5.65. The van der Waals surface area contributed by atoms with Gasteiger partial charge in [-0.15, -0.1) is 0 Å². The van der Waals surface area contributed by atoms with E-state index in [-0.39, 0.29) is 0 Å². The molecule has 1 aromatic rings. The van der Waals surface area contributed by atoms with E-state index < -0.39 is 0 Å². The van der Waals surface area contributed by atoms with Gasteiger partial charge in [0, 0.05) is 0 Å². The van der Waals surface area contributed by atoms with Crippen LogP contribution in [-0.4, -0.2) is 6.61 Å². The number of ether oxygens (including phenoxy) is 1. The molecule has 1 heteroatoms. The normalized spacial score (nSPS) is 11.4. The molecule has 0 aliphatic carbocycles. The first-order valence-corrected chi connectivity index (χ1v) is 7.70. The van der Waals surface area contributed by atoms with Gasteiger partial charge in [0.05, 0.1) is 12.9 Å². The molecule has 0 N–H and O–H groups in total. The Labute approximate surface area is 124 Å². The van der Waals surface area contributed by atoms with Crippen LogP contribution in [0.1, 0.15) is 64.0 Å². The molecular weight excluding hydrogens is 244 g/mol. The molecule has 0 heterocycles. The molecule has 1 rings (SSSR count). The molecule has 0 aliphatic rings. The van der Waals surface area contributed by atoms with Crippen LogP contribution in [0.25, 0.3) is 11.1 Å². The van der Waals surface area contributed by atoms with Gasteiger partial charge in [0.15, 0.2) is 0 Å². The lowest BCUT2D eigenvalue weighted by molar-refractivity contribution is 0.241. The minimum atomic E-state index is 0.821. The van der Waals surface area contributed by atoms with Crippen molar-refractivity contribution in [3.05, 3.63) is 48.2 Å². The molecule has 110 valence electrons. The second kappa shape index (κ2) is 9.41. The van der Waals surface area contributed by atoms with Crippen LogP contribution in [-0.2, 0) is 4.74 Å². The molecule has 0 saturated heterocycles. The Morgan fingerprint density at radius 2 is 1.80 bits per heavy atom. The number of rotatable bonds is 9. The summed E-state index contributed by atoms with van der Waals surface area (Å²) >= 11 is 0. The summed E-state index contributed by atoms with van der Waals surface area (Å²) in [6.07, 6.45) is 8.25. The minimum Gasteiger partial charge on any atom is -0.501 e. The van der Waals surface area contributed by atoms with Gasteiger partial charge < -0.3 is 4.74 Å². The molecule has 0 aliphatic heterocycles. The fourth-order valence-electron chi connectivity index (χ4n) is 2.07. The Morgan fingerprint density at radius 1 is 1.10 bits per heavy atom. The zero-order valence-corrected chi connectivity index (χ0v) is 13.2. The van der Waals surface area contributed by atoms with Crippen LogP contribution in [0.3, 0.4) is 0 Å². The smallest absolute Gasteiger partial charge is 0.0873 e. The van der Waals surface area contributed by atoms with Crippen molar-refractivity contribution < 1.29 is 4.74 Å². The third-order valence-corrected chi connectivity index (χ3v) is 3.44. The topological polar surface area (TPSA) is 9.23 Å². The first kappa shape index (κ1) is 16.6. The second-order valence-electron chi connectivity index (χ2n) is 5.45. The highest BCUT2D eigenvalue weighted by Crippen LogP contribution is 2.19. The monoisotopic (exact) mass is 272 g/mol. The predicted molar refractivity (Wildman–Crippen MR) is 89.5 cm³/mol. The number of benzene rings is 1. The van der Waals surface area contributed by atoms with Crippen molar-refractivity contribution in [1.82, 2.24) is 0 Å². The number of unbranched alkanes of at least 4 members (excludes halogenated alkanes) is 4. The van der Waals surface area contributed by atoms with Crippen molar-refractivity contribution in [2.75, 3.05) is 6.61 Å². The largest absolute Gasteiger partial charge is 0.501 e. The van der Waals surface area contributed by atoms with Crippen molar-refractivity contribution >= 4 is 11.1 Å². The Balaban J connectivity index is 2.40. The zero-order valence-electron chi connectivity index (χ0n) is 13.2. The van der Waals surface area contributed by atoms with Gasteiger partial charge in [0.1, 0.15) is 0 Å². The van der Waals surface area contributed by atoms with Crippen LogP contribution in [0.5, 0.6) is 0 Å². The number of hydrogen-bond acceptors (Lipinski definition) is 1. The molecule has 0 amide bonds. The first-order valence-electron chi connectivity index (χ1n) is 7.70. The third kappa shape index (κ3) is 6.10. The molecular formula is C19H28O. The Kier molecular flexibility index (Phi) is 7.79. The highest BCUT2D eigenvalue weighted by Gasteiger charge is 1.99. The molecule has 0 spiro atoms. The van der Waals surface area contributed by atoms with Crippen LogP contribution >= 0.6 is 0 Å². The van der Waals surface area contributed by atoms with Gasteiger partial charge >= 0.3 is 0 Å². The van der Waals surface area contributed by atoms with E-state index in [2.05, 4.69) is 44.7 Å². The van der Waals surface area contributed by atoms with E-state index in [0.717, 1.165) is 18.6 Å². The van der Waals surface area contributed by atoms with Crippen molar-refractivity contribution in [2.24, 2.45) is 0 Å². The second-order valence-corrected chi connectivity index (χ2v) is 5.45. The fourth-order valence-corrected chi connectivity index (χ4v) is 2.07. The number of hydrogen-bond donors (Lipinski definition) is 0.